The number of carbonyl (C=O) groups excluding carboxylic acids is 1. The molecule has 0 N–H and O–H groups in total. The second-order valence-electron chi connectivity index (χ2n) is 4.88. The Kier molecular flexibility index (Phi) is 2.69. The van der Waals surface area contributed by atoms with Crippen molar-refractivity contribution in [1.82, 2.24) is 4.90 Å². The van der Waals surface area contributed by atoms with Gasteiger partial charge in [0.05, 0.1) is 0 Å². The van der Waals surface area contributed by atoms with Crippen LogP contribution in [0.3, 0.4) is 0 Å². The van der Waals surface area contributed by atoms with Crippen LogP contribution in [0.5, 0.6) is 0 Å². The fourth-order valence-electron chi connectivity index (χ4n) is 1.92. The monoisotopic (exact) mass is 183 g/mol. The maximum absolute atomic E-state index is 12.0. The van der Waals surface area contributed by atoms with Crippen LogP contribution in [0.2, 0.25) is 0 Å². The Hall–Kier alpha value is -0.530. The maximum atomic E-state index is 12.0. The molecular formula is C11H21NO. The quantitative estimate of drug-likeness (QED) is 0.644. The van der Waals surface area contributed by atoms with E-state index in [0.717, 1.165) is 12.8 Å². The molecule has 1 fully saturated rings. The molecule has 1 aliphatic heterocycles. The topological polar surface area (TPSA) is 20.3 Å². The highest BCUT2D eigenvalue weighted by Crippen LogP contribution is 2.32. The van der Waals surface area contributed by atoms with E-state index in [1.807, 2.05) is 18.7 Å². The van der Waals surface area contributed by atoms with Gasteiger partial charge in [-0.15, -0.1) is 0 Å². The first-order valence-corrected chi connectivity index (χ1v) is 5.23. The lowest BCUT2D eigenvalue weighted by Crippen LogP contribution is -2.59. The van der Waals surface area contributed by atoms with Crippen LogP contribution in [-0.4, -0.2) is 22.9 Å². The zero-order valence-electron chi connectivity index (χ0n) is 9.42. The van der Waals surface area contributed by atoms with Gasteiger partial charge in [0.15, 0.2) is 0 Å². The largest absolute Gasteiger partial charge is 0.337 e. The van der Waals surface area contributed by atoms with Gasteiger partial charge in [0.2, 0.25) is 5.91 Å². The minimum Gasteiger partial charge on any atom is -0.337 e. The summed E-state index contributed by atoms with van der Waals surface area (Å²) in [6, 6.07) is 0.904. The number of rotatable bonds is 2. The molecule has 0 bridgehead atoms. The molecule has 1 rings (SSSR count). The van der Waals surface area contributed by atoms with E-state index in [-0.39, 0.29) is 5.41 Å². The molecule has 13 heavy (non-hydrogen) atoms. The second kappa shape index (κ2) is 3.32. The molecule has 0 aromatic rings. The molecule has 1 aliphatic rings. The van der Waals surface area contributed by atoms with Gasteiger partial charge in [0, 0.05) is 17.5 Å². The first kappa shape index (κ1) is 10.6. The standard InChI is InChI=1S/C11H21NO/c1-6-11(4,5)10(13)12-8(2)7-9(12)3/h8-9H,6-7H2,1-5H3. The van der Waals surface area contributed by atoms with E-state index in [1.165, 1.54) is 0 Å². The number of hydrogen-bond acceptors (Lipinski definition) is 1. The average molecular weight is 183 g/mol. The Labute approximate surface area is 81.3 Å². The molecule has 2 heteroatoms. The summed E-state index contributed by atoms with van der Waals surface area (Å²) in [5.74, 6) is 0.321. The van der Waals surface area contributed by atoms with Crippen LogP contribution in [0.4, 0.5) is 0 Å². The summed E-state index contributed by atoms with van der Waals surface area (Å²) in [6.45, 7) is 10.4. The Bertz CT molecular complexity index is 202. The summed E-state index contributed by atoms with van der Waals surface area (Å²) >= 11 is 0. The van der Waals surface area contributed by atoms with Crippen LogP contribution in [0.25, 0.3) is 0 Å². The lowest BCUT2D eigenvalue weighted by Gasteiger charge is -2.48. The van der Waals surface area contributed by atoms with Crippen molar-refractivity contribution in [2.75, 3.05) is 0 Å². The van der Waals surface area contributed by atoms with Crippen LogP contribution in [-0.2, 0) is 4.79 Å². The van der Waals surface area contributed by atoms with Gasteiger partial charge in [-0.3, -0.25) is 4.79 Å². The van der Waals surface area contributed by atoms with Gasteiger partial charge in [-0.25, -0.2) is 0 Å². The van der Waals surface area contributed by atoms with Gasteiger partial charge >= 0.3 is 0 Å². The lowest BCUT2D eigenvalue weighted by atomic mass is 9.84. The van der Waals surface area contributed by atoms with Crippen molar-refractivity contribution in [2.24, 2.45) is 5.41 Å². The normalized spacial score (nSPS) is 28.5. The molecule has 1 amide bonds. The number of hydrogen-bond donors (Lipinski definition) is 0. The minimum absolute atomic E-state index is 0.178. The third kappa shape index (κ3) is 1.72. The number of nitrogens with zero attached hydrogens (tertiary/aromatic N) is 1. The molecule has 0 aliphatic carbocycles. The smallest absolute Gasteiger partial charge is 0.228 e. The molecule has 0 aromatic carbocycles. The first-order valence-electron chi connectivity index (χ1n) is 5.23. The molecule has 1 saturated heterocycles. The summed E-state index contributed by atoms with van der Waals surface area (Å²) in [5.41, 5.74) is -0.178. The van der Waals surface area contributed by atoms with Crippen molar-refractivity contribution in [3.63, 3.8) is 0 Å². The molecule has 0 aromatic heterocycles. The van der Waals surface area contributed by atoms with E-state index in [0.29, 0.717) is 18.0 Å². The highest BCUT2D eigenvalue weighted by Gasteiger charge is 2.41. The summed E-state index contributed by atoms with van der Waals surface area (Å²) < 4.78 is 0. The number of likely N-dealkylation sites (tertiary alicyclic amines) is 1. The summed E-state index contributed by atoms with van der Waals surface area (Å²) in [7, 11) is 0. The van der Waals surface area contributed by atoms with E-state index in [4.69, 9.17) is 0 Å². The van der Waals surface area contributed by atoms with Crippen molar-refractivity contribution in [2.45, 2.75) is 59.5 Å². The third-order valence-corrected chi connectivity index (χ3v) is 3.33. The van der Waals surface area contributed by atoms with Gasteiger partial charge in [0.1, 0.15) is 0 Å². The molecule has 0 saturated carbocycles. The van der Waals surface area contributed by atoms with E-state index in [1.54, 1.807) is 0 Å². The van der Waals surface area contributed by atoms with E-state index in [9.17, 15) is 4.79 Å². The van der Waals surface area contributed by atoms with Gasteiger partial charge in [-0.1, -0.05) is 20.8 Å². The van der Waals surface area contributed by atoms with Crippen molar-refractivity contribution in [1.29, 1.82) is 0 Å². The number of carbonyl (C=O) groups is 1. The van der Waals surface area contributed by atoms with Gasteiger partial charge < -0.3 is 4.90 Å². The molecule has 2 unspecified atom stereocenters. The Morgan fingerprint density at radius 1 is 1.38 bits per heavy atom. The van der Waals surface area contributed by atoms with Crippen LogP contribution in [0.15, 0.2) is 0 Å². The van der Waals surface area contributed by atoms with E-state index >= 15 is 0 Å². The van der Waals surface area contributed by atoms with Gasteiger partial charge in [0.25, 0.3) is 0 Å². The second-order valence-corrected chi connectivity index (χ2v) is 4.88. The summed E-state index contributed by atoms with van der Waals surface area (Å²) in [4.78, 5) is 14.1. The molecule has 2 nitrogen and oxygen atoms in total. The summed E-state index contributed by atoms with van der Waals surface area (Å²) in [5, 5.41) is 0. The molecule has 1 heterocycles. The van der Waals surface area contributed by atoms with Crippen LogP contribution in [0, 0.1) is 5.41 Å². The molecule has 2 atom stereocenters. The van der Waals surface area contributed by atoms with Crippen LogP contribution < -0.4 is 0 Å². The van der Waals surface area contributed by atoms with Crippen molar-refractivity contribution in [3.05, 3.63) is 0 Å². The van der Waals surface area contributed by atoms with Crippen molar-refractivity contribution < 1.29 is 4.79 Å². The maximum Gasteiger partial charge on any atom is 0.228 e. The summed E-state index contributed by atoms with van der Waals surface area (Å²) in [6.07, 6.45) is 2.08. The molecule has 76 valence electrons. The van der Waals surface area contributed by atoms with Crippen molar-refractivity contribution in [3.8, 4) is 0 Å². The lowest BCUT2D eigenvalue weighted by molar-refractivity contribution is -0.152. The van der Waals surface area contributed by atoms with Gasteiger partial charge in [-0.05, 0) is 26.7 Å². The number of amides is 1. The first-order chi connectivity index (χ1) is 5.90. The van der Waals surface area contributed by atoms with E-state index in [2.05, 4.69) is 20.8 Å². The fraction of sp³-hybridized carbons (Fsp3) is 0.909. The van der Waals surface area contributed by atoms with E-state index < -0.39 is 0 Å². The SMILES string of the molecule is CCC(C)(C)C(=O)N1C(C)CC1C. The molecular weight excluding hydrogens is 162 g/mol. The van der Waals surface area contributed by atoms with Crippen LogP contribution in [0.1, 0.15) is 47.5 Å². The van der Waals surface area contributed by atoms with Gasteiger partial charge in [-0.2, -0.15) is 0 Å². The highest BCUT2D eigenvalue weighted by atomic mass is 16.2. The minimum atomic E-state index is -0.178. The highest BCUT2D eigenvalue weighted by molar-refractivity contribution is 5.83. The third-order valence-electron chi connectivity index (χ3n) is 3.33. The molecule has 0 radical (unpaired) electrons. The average Bonchev–Trinajstić information content (AvgIpc) is 2.04. The Balaban J connectivity index is 2.67. The zero-order chi connectivity index (χ0) is 10.2. The predicted octanol–water partition coefficient (Wildman–Crippen LogP) is 2.43. The molecule has 0 spiro atoms. The zero-order valence-corrected chi connectivity index (χ0v) is 9.42. The fourth-order valence-corrected chi connectivity index (χ4v) is 1.92. The van der Waals surface area contributed by atoms with Crippen molar-refractivity contribution >= 4 is 5.91 Å². The Morgan fingerprint density at radius 2 is 1.85 bits per heavy atom. The predicted molar refractivity (Wildman–Crippen MR) is 54.5 cm³/mol. The van der Waals surface area contributed by atoms with Crippen LogP contribution >= 0.6 is 0 Å². The Morgan fingerprint density at radius 3 is 2.15 bits per heavy atom.